The fourth-order valence-corrected chi connectivity index (χ4v) is 2.27. The topological polar surface area (TPSA) is 20.3 Å². The van der Waals surface area contributed by atoms with Crippen molar-refractivity contribution in [2.45, 2.75) is 33.2 Å². The van der Waals surface area contributed by atoms with E-state index in [1.165, 1.54) is 11.1 Å². The third-order valence-electron chi connectivity index (χ3n) is 3.64. The van der Waals surface area contributed by atoms with Crippen LogP contribution in [0.15, 0.2) is 18.2 Å². The van der Waals surface area contributed by atoms with Gasteiger partial charge in [0.15, 0.2) is 0 Å². The molecule has 1 unspecified atom stereocenters. The molecule has 1 atom stereocenters. The van der Waals surface area contributed by atoms with E-state index in [4.69, 9.17) is 0 Å². The molecule has 0 spiro atoms. The fourth-order valence-electron chi connectivity index (χ4n) is 2.27. The molecule has 2 heteroatoms. The zero-order valence-electron chi connectivity index (χ0n) is 10.4. The van der Waals surface area contributed by atoms with Gasteiger partial charge in [0.2, 0.25) is 0 Å². The number of hydrogen-bond acceptors (Lipinski definition) is 1. The van der Waals surface area contributed by atoms with Crippen LogP contribution in [0.2, 0.25) is 0 Å². The van der Waals surface area contributed by atoms with E-state index >= 15 is 0 Å². The predicted octanol–water partition coefficient (Wildman–Crippen LogP) is 3.03. The molecule has 86 valence electrons. The van der Waals surface area contributed by atoms with Crippen molar-refractivity contribution in [2.75, 3.05) is 7.05 Å². The first kappa shape index (κ1) is 11.2. The summed E-state index contributed by atoms with van der Waals surface area (Å²) in [5.41, 5.74) is 3.34. The lowest BCUT2D eigenvalue weighted by molar-refractivity contribution is 0.0815. The quantitative estimate of drug-likeness (QED) is 0.745. The van der Waals surface area contributed by atoms with Crippen molar-refractivity contribution >= 4 is 5.91 Å². The summed E-state index contributed by atoms with van der Waals surface area (Å²) in [5.74, 6) is 1.17. The van der Waals surface area contributed by atoms with Crippen LogP contribution < -0.4 is 0 Å². The van der Waals surface area contributed by atoms with Crippen LogP contribution >= 0.6 is 0 Å². The summed E-state index contributed by atoms with van der Waals surface area (Å²) in [5, 5.41) is 0. The van der Waals surface area contributed by atoms with Crippen LogP contribution in [0.5, 0.6) is 0 Å². The molecule has 0 radical (unpaired) electrons. The van der Waals surface area contributed by atoms with Gasteiger partial charge in [0.25, 0.3) is 5.91 Å². The van der Waals surface area contributed by atoms with Gasteiger partial charge in [-0.3, -0.25) is 4.79 Å². The first-order valence-electron chi connectivity index (χ1n) is 5.89. The lowest BCUT2D eigenvalue weighted by Crippen LogP contribution is -2.19. The minimum Gasteiger partial charge on any atom is -0.337 e. The Kier molecular flexibility index (Phi) is 2.75. The number of rotatable bonds is 2. The number of hydrogen-bond donors (Lipinski definition) is 0. The van der Waals surface area contributed by atoms with E-state index in [0.717, 1.165) is 12.1 Å². The number of carbonyl (C=O) groups is 1. The highest BCUT2D eigenvalue weighted by molar-refractivity contribution is 5.99. The minimum atomic E-state index is 0.179. The van der Waals surface area contributed by atoms with E-state index in [1.54, 1.807) is 4.90 Å². The summed E-state index contributed by atoms with van der Waals surface area (Å²) in [6.07, 6.45) is 0. The second-order valence-electron chi connectivity index (χ2n) is 5.08. The van der Waals surface area contributed by atoms with Crippen LogP contribution in [0.3, 0.4) is 0 Å². The molecule has 0 bridgehead atoms. The molecule has 2 rings (SSSR count). The van der Waals surface area contributed by atoms with Crippen LogP contribution in [0.25, 0.3) is 0 Å². The number of nitrogens with zero attached hydrogens (tertiary/aromatic N) is 1. The van der Waals surface area contributed by atoms with Crippen LogP contribution in [-0.2, 0) is 6.54 Å². The zero-order valence-corrected chi connectivity index (χ0v) is 10.4. The Labute approximate surface area is 97.3 Å². The molecule has 1 heterocycles. The Morgan fingerprint density at radius 3 is 2.56 bits per heavy atom. The van der Waals surface area contributed by atoms with E-state index in [0.29, 0.717) is 11.8 Å². The molecule has 1 aromatic carbocycles. The molecule has 0 aliphatic carbocycles. The molecule has 1 aliphatic heterocycles. The van der Waals surface area contributed by atoms with Crippen LogP contribution in [0.4, 0.5) is 0 Å². The van der Waals surface area contributed by atoms with Gasteiger partial charge < -0.3 is 4.90 Å². The summed E-state index contributed by atoms with van der Waals surface area (Å²) in [4.78, 5) is 13.9. The van der Waals surface area contributed by atoms with E-state index in [1.807, 2.05) is 7.05 Å². The highest BCUT2D eigenvalue weighted by Gasteiger charge is 2.29. The van der Waals surface area contributed by atoms with Gasteiger partial charge >= 0.3 is 0 Å². The van der Waals surface area contributed by atoms with E-state index < -0.39 is 0 Å². The van der Waals surface area contributed by atoms with Gasteiger partial charge in [-0.2, -0.15) is 0 Å². The van der Waals surface area contributed by atoms with Crippen molar-refractivity contribution in [3.05, 3.63) is 34.9 Å². The number of carbonyl (C=O) groups excluding carboxylic acids is 1. The second-order valence-corrected chi connectivity index (χ2v) is 5.08. The maximum atomic E-state index is 12.1. The van der Waals surface area contributed by atoms with Crippen molar-refractivity contribution in [1.29, 1.82) is 0 Å². The predicted molar refractivity (Wildman–Crippen MR) is 65.5 cm³/mol. The number of fused-ring (bicyclic) bond motifs is 1. The maximum absolute atomic E-state index is 12.1. The number of amides is 1. The average Bonchev–Trinajstić information content (AvgIpc) is 2.54. The molecule has 2 nitrogen and oxygen atoms in total. The van der Waals surface area contributed by atoms with Crippen molar-refractivity contribution in [2.24, 2.45) is 5.92 Å². The van der Waals surface area contributed by atoms with Gasteiger partial charge in [0.1, 0.15) is 0 Å². The first-order chi connectivity index (χ1) is 7.52. The van der Waals surface area contributed by atoms with Gasteiger partial charge in [0, 0.05) is 19.2 Å². The Morgan fingerprint density at radius 1 is 1.25 bits per heavy atom. The highest BCUT2D eigenvalue weighted by Crippen LogP contribution is 2.32. The molecule has 0 N–H and O–H groups in total. The third kappa shape index (κ3) is 1.62. The molecule has 0 saturated carbocycles. The monoisotopic (exact) mass is 217 g/mol. The van der Waals surface area contributed by atoms with E-state index in [9.17, 15) is 4.79 Å². The van der Waals surface area contributed by atoms with E-state index in [-0.39, 0.29) is 5.91 Å². The van der Waals surface area contributed by atoms with Gasteiger partial charge in [-0.25, -0.2) is 0 Å². The smallest absolute Gasteiger partial charge is 0.254 e. The SMILES string of the molecule is CC(C)C(C)c1cccc2c1C(=O)N(C)C2. The van der Waals surface area contributed by atoms with Crippen LogP contribution in [0.1, 0.15) is 48.2 Å². The lowest BCUT2D eigenvalue weighted by Gasteiger charge is -2.18. The van der Waals surface area contributed by atoms with Crippen LogP contribution in [-0.4, -0.2) is 17.9 Å². The van der Waals surface area contributed by atoms with Crippen molar-refractivity contribution in [3.8, 4) is 0 Å². The second kappa shape index (κ2) is 3.93. The van der Waals surface area contributed by atoms with Crippen molar-refractivity contribution < 1.29 is 4.79 Å². The Morgan fingerprint density at radius 2 is 1.94 bits per heavy atom. The maximum Gasteiger partial charge on any atom is 0.254 e. The summed E-state index contributed by atoms with van der Waals surface area (Å²) in [7, 11) is 1.87. The Bertz CT molecular complexity index is 423. The van der Waals surface area contributed by atoms with E-state index in [2.05, 4.69) is 39.0 Å². The van der Waals surface area contributed by atoms with Gasteiger partial charge in [-0.15, -0.1) is 0 Å². The normalized spacial score (nSPS) is 16.8. The first-order valence-corrected chi connectivity index (χ1v) is 5.89. The van der Waals surface area contributed by atoms with Gasteiger partial charge in [-0.1, -0.05) is 39.0 Å². The molecule has 0 aromatic heterocycles. The van der Waals surface area contributed by atoms with Gasteiger partial charge in [0.05, 0.1) is 0 Å². The minimum absolute atomic E-state index is 0.179. The average molecular weight is 217 g/mol. The molecule has 0 saturated heterocycles. The molecule has 1 amide bonds. The van der Waals surface area contributed by atoms with Gasteiger partial charge in [-0.05, 0) is 23.0 Å². The van der Waals surface area contributed by atoms with Crippen LogP contribution in [0, 0.1) is 5.92 Å². The zero-order chi connectivity index (χ0) is 11.9. The molecular formula is C14H19NO. The standard InChI is InChI=1S/C14H19NO/c1-9(2)10(3)12-7-5-6-11-8-15(4)14(16)13(11)12/h5-7,9-10H,8H2,1-4H3. The summed E-state index contributed by atoms with van der Waals surface area (Å²) in [6, 6.07) is 6.23. The number of benzene rings is 1. The summed E-state index contributed by atoms with van der Waals surface area (Å²) in [6.45, 7) is 7.36. The lowest BCUT2D eigenvalue weighted by atomic mass is 9.86. The largest absolute Gasteiger partial charge is 0.337 e. The molecule has 0 fully saturated rings. The molecule has 1 aliphatic rings. The molecule has 16 heavy (non-hydrogen) atoms. The third-order valence-corrected chi connectivity index (χ3v) is 3.64. The molecular weight excluding hydrogens is 198 g/mol. The molecule has 1 aromatic rings. The summed E-state index contributed by atoms with van der Waals surface area (Å²) < 4.78 is 0. The Hall–Kier alpha value is -1.31. The van der Waals surface area contributed by atoms with Crippen molar-refractivity contribution in [3.63, 3.8) is 0 Å². The Balaban J connectivity index is 2.50. The summed E-state index contributed by atoms with van der Waals surface area (Å²) >= 11 is 0. The van der Waals surface area contributed by atoms with Crippen molar-refractivity contribution in [1.82, 2.24) is 4.90 Å². The highest BCUT2D eigenvalue weighted by atomic mass is 16.2. The fraction of sp³-hybridized carbons (Fsp3) is 0.500.